The van der Waals surface area contributed by atoms with Crippen LogP contribution in [0.15, 0.2) is 36.4 Å². The SMILES string of the molecule is CCCOc1cccc(C(=O)NC(=S)NCc2cc(OC)c(OC)cc2Cl)c1. The van der Waals surface area contributed by atoms with Gasteiger partial charge >= 0.3 is 0 Å². The highest BCUT2D eigenvalue weighted by atomic mass is 35.5. The molecule has 0 bridgehead atoms. The van der Waals surface area contributed by atoms with Crippen LogP contribution in [-0.2, 0) is 6.54 Å². The molecule has 2 rings (SSSR count). The van der Waals surface area contributed by atoms with E-state index in [1.807, 2.05) is 13.0 Å². The maximum Gasteiger partial charge on any atom is 0.257 e. The normalized spacial score (nSPS) is 10.1. The molecular formula is C20H23ClN2O4S. The molecule has 0 heterocycles. The van der Waals surface area contributed by atoms with Crippen molar-refractivity contribution in [2.24, 2.45) is 0 Å². The molecule has 0 saturated carbocycles. The summed E-state index contributed by atoms with van der Waals surface area (Å²) < 4.78 is 16.0. The molecule has 0 saturated heterocycles. The first-order valence-electron chi connectivity index (χ1n) is 8.71. The monoisotopic (exact) mass is 422 g/mol. The molecule has 1 amide bonds. The zero-order chi connectivity index (χ0) is 20.5. The second kappa shape index (κ2) is 10.7. The number of halogens is 1. The van der Waals surface area contributed by atoms with Crippen molar-refractivity contribution in [2.45, 2.75) is 19.9 Å². The van der Waals surface area contributed by atoms with Gasteiger partial charge in [0.1, 0.15) is 5.75 Å². The Morgan fingerprint density at radius 3 is 2.54 bits per heavy atom. The van der Waals surface area contributed by atoms with E-state index in [0.29, 0.717) is 41.0 Å². The quantitative estimate of drug-likeness (QED) is 0.628. The highest BCUT2D eigenvalue weighted by Crippen LogP contribution is 2.32. The average Bonchev–Trinajstić information content (AvgIpc) is 2.71. The third kappa shape index (κ3) is 6.00. The van der Waals surface area contributed by atoms with Crippen LogP contribution in [-0.4, -0.2) is 31.8 Å². The van der Waals surface area contributed by atoms with Crippen molar-refractivity contribution in [1.29, 1.82) is 0 Å². The Morgan fingerprint density at radius 1 is 1.14 bits per heavy atom. The summed E-state index contributed by atoms with van der Waals surface area (Å²) in [6, 6.07) is 10.4. The van der Waals surface area contributed by atoms with Gasteiger partial charge in [0.15, 0.2) is 16.6 Å². The number of amides is 1. The summed E-state index contributed by atoms with van der Waals surface area (Å²) in [5, 5.41) is 6.30. The predicted octanol–water partition coefficient (Wildman–Crippen LogP) is 3.95. The largest absolute Gasteiger partial charge is 0.494 e. The first-order chi connectivity index (χ1) is 13.5. The van der Waals surface area contributed by atoms with Crippen LogP contribution in [0.1, 0.15) is 29.3 Å². The maximum absolute atomic E-state index is 12.4. The lowest BCUT2D eigenvalue weighted by molar-refractivity contribution is 0.0976. The molecule has 0 radical (unpaired) electrons. The predicted molar refractivity (Wildman–Crippen MR) is 114 cm³/mol. The minimum Gasteiger partial charge on any atom is -0.494 e. The molecular weight excluding hydrogens is 400 g/mol. The Morgan fingerprint density at radius 2 is 1.86 bits per heavy atom. The molecule has 150 valence electrons. The van der Waals surface area contributed by atoms with Crippen molar-refractivity contribution in [3.05, 3.63) is 52.5 Å². The molecule has 2 N–H and O–H groups in total. The van der Waals surface area contributed by atoms with E-state index in [4.69, 9.17) is 38.0 Å². The van der Waals surface area contributed by atoms with Crippen LogP contribution in [0.25, 0.3) is 0 Å². The third-order valence-electron chi connectivity index (χ3n) is 3.79. The Hall–Kier alpha value is -2.51. The van der Waals surface area contributed by atoms with Crippen molar-refractivity contribution >= 4 is 34.8 Å². The van der Waals surface area contributed by atoms with Crippen LogP contribution in [0.5, 0.6) is 17.2 Å². The number of benzene rings is 2. The van der Waals surface area contributed by atoms with Gasteiger partial charge in [-0.1, -0.05) is 24.6 Å². The highest BCUT2D eigenvalue weighted by Gasteiger charge is 2.12. The zero-order valence-corrected chi connectivity index (χ0v) is 17.6. The molecule has 0 aliphatic heterocycles. The van der Waals surface area contributed by atoms with E-state index in [1.165, 1.54) is 0 Å². The molecule has 0 atom stereocenters. The summed E-state index contributed by atoms with van der Waals surface area (Å²) in [6.07, 6.45) is 0.892. The molecule has 0 unspecified atom stereocenters. The first-order valence-corrected chi connectivity index (χ1v) is 9.49. The molecule has 0 spiro atoms. The number of thiocarbonyl (C=S) groups is 1. The summed E-state index contributed by atoms with van der Waals surface area (Å²) in [5.41, 5.74) is 1.22. The van der Waals surface area contributed by atoms with Gasteiger partial charge in [-0.15, -0.1) is 0 Å². The van der Waals surface area contributed by atoms with Gasteiger partial charge < -0.3 is 19.5 Å². The summed E-state index contributed by atoms with van der Waals surface area (Å²) in [4.78, 5) is 12.4. The number of ether oxygens (including phenoxy) is 3. The number of hydrogen-bond donors (Lipinski definition) is 2. The topological polar surface area (TPSA) is 68.8 Å². The van der Waals surface area contributed by atoms with Crippen molar-refractivity contribution in [1.82, 2.24) is 10.6 Å². The minimum atomic E-state index is -0.321. The van der Waals surface area contributed by atoms with Crippen LogP contribution in [0.3, 0.4) is 0 Å². The van der Waals surface area contributed by atoms with E-state index >= 15 is 0 Å². The molecule has 2 aromatic rings. The molecule has 6 nitrogen and oxygen atoms in total. The van der Waals surface area contributed by atoms with Crippen molar-refractivity contribution in [3.63, 3.8) is 0 Å². The molecule has 0 aliphatic rings. The average molecular weight is 423 g/mol. The van der Waals surface area contributed by atoms with Gasteiger partial charge in [-0.3, -0.25) is 10.1 Å². The maximum atomic E-state index is 12.4. The smallest absolute Gasteiger partial charge is 0.257 e. The molecule has 0 fully saturated rings. The lowest BCUT2D eigenvalue weighted by atomic mass is 10.2. The van der Waals surface area contributed by atoms with Crippen molar-refractivity contribution in [3.8, 4) is 17.2 Å². The number of nitrogens with one attached hydrogen (secondary N) is 2. The molecule has 8 heteroatoms. The molecule has 0 aromatic heterocycles. The highest BCUT2D eigenvalue weighted by molar-refractivity contribution is 7.80. The van der Waals surface area contributed by atoms with Crippen LogP contribution in [0.4, 0.5) is 0 Å². The van der Waals surface area contributed by atoms with Gasteiger partial charge in [-0.05, 0) is 48.5 Å². The Balaban J connectivity index is 1.96. The number of methoxy groups -OCH3 is 2. The fourth-order valence-corrected chi connectivity index (χ4v) is 2.76. The minimum absolute atomic E-state index is 0.190. The second-order valence-electron chi connectivity index (χ2n) is 5.81. The fraction of sp³-hybridized carbons (Fsp3) is 0.300. The van der Waals surface area contributed by atoms with Crippen molar-refractivity contribution < 1.29 is 19.0 Å². The van der Waals surface area contributed by atoms with E-state index in [9.17, 15) is 4.79 Å². The van der Waals surface area contributed by atoms with Crippen LogP contribution in [0, 0.1) is 0 Å². The summed E-state index contributed by atoms with van der Waals surface area (Å²) in [5.74, 6) is 1.42. The Kier molecular flexibility index (Phi) is 8.35. The van der Waals surface area contributed by atoms with E-state index in [1.54, 1.807) is 44.6 Å². The molecule has 28 heavy (non-hydrogen) atoms. The van der Waals surface area contributed by atoms with E-state index in [-0.39, 0.29) is 11.0 Å². The second-order valence-corrected chi connectivity index (χ2v) is 6.63. The first kappa shape index (κ1) is 21.8. The number of rotatable bonds is 8. The van der Waals surface area contributed by atoms with Crippen LogP contribution in [0.2, 0.25) is 5.02 Å². The number of carbonyl (C=O) groups is 1. The zero-order valence-electron chi connectivity index (χ0n) is 16.0. The fourth-order valence-electron chi connectivity index (χ4n) is 2.37. The number of carbonyl (C=O) groups excluding carboxylic acids is 1. The van der Waals surface area contributed by atoms with Gasteiger partial charge in [-0.25, -0.2) is 0 Å². The van der Waals surface area contributed by atoms with Gasteiger partial charge in [0.2, 0.25) is 0 Å². The Labute approximate surface area is 175 Å². The third-order valence-corrected chi connectivity index (χ3v) is 4.39. The van der Waals surface area contributed by atoms with Gasteiger partial charge in [0.05, 0.1) is 20.8 Å². The van der Waals surface area contributed by atoms with Gasteiger partial charge in [-0.2, -0.15) is 0 Å². The summed E-state index contributed by atoms with van der Waals surface area (Å²) in [6.45, 7) is 2.93. The van der Waals surface area contributed by atoms with Gasteiger partial charge in [0.25, 0.3) is 5.91 Å². The van der Waals surface area contributed by atoms with Gasteiger partial charge in [0, 0.05) is 23.2 Å². The van der Waals surface area contributed by atoms with E-state index in [0.717, 1.165) is 12.0 Å². The molecule has 2 aromatic carbocycles. The standard InChI is InChI=1S/C20H23ClN2O4S/c1-4-8-27-15-7-5-6-13(9-15)19(24)23-20(28)22-12-14-10-17(25-2)18(26-3)11-16(14)21/h5-7,9-11H,4,8,12H2,1-3H3,(H2,22,23,24,28). The van der Waals surface area contributed by atoms with E-state index < -0.39 is 0 Å². The molecule has 0 aliphatic carbocycles. The van der Waals surface area contributed by atoms with Crippen LogP contribution < -0.4 is 24.8 Å². The van der Waals surface area contributed by atoms with Crippen LogP contribution >= 0.6 is 23.8 Å². The Bertz CT molecular complexity index is 845. The lowest BCUT2D eigenvalue weighted by Gasteiger charge is -2.14. The summed E-state index contributed by atoms with van der Waals surface area (Å²) >= 11 is 11.5. The lowest BCUT2D eigenvalue weighted by Crippen LogP contribution is -2.38. The summed E-state index contributed by atoms with van der Waals surface area (Å²) in [7, 11) is 3.09. The van der Waals surface area contributed by atoms with Crippen molar-refractivity contribution in [2.75, 3.05) is 20.8 Å². The van der Waals surface area contributed by atoms with E-state index in [2.05, 4.69) is 10.6 Å². The number of hydrogen-bond acceptors (Lipinski definition) is 5.